The number of piperidine rings is 1. The lowest BCUT2D eigenvalue weighted by Crippen LogP contribution is -2.56. The van der Waals surface area contributed by atoms with Crippen molar-refractivity contribution in [1.29, 1.82) is 0 Å². The molecule has 2 amide bonds. The van der Waals surface area contributed by atoms with Crippen LogP contribution >= 0.6 is 24.8 Å². The minimum atomic E-state index is 0. The minimum Gasteiger partial charge on any atom is -0.353 e. The van der Waals surface area contributed by atoms with Crippen LogP contribution in [0.2, 0.25) is 0 Å². The van der Waals surface area contributed by atoms with Gasteiger partial charge < -0.3 is 15.5 Å². The molecular formula is C15H30Cl2N4O2. The van der Waals surface area contributed by atoms with Gasteiger partial charge in [-0.25, -0.2) is 0 Å². The van der Waals surface area contributed by atoms with Crippen molar-refractivity contribution in [3.05, 3.63) is 0 Å². The second kappa shape index (κ2) is 11.1. The molecule has 0 aromatic rings. The lowest BCUT2D eigenvalue weighted by Gasteiger charge is -2.37. The Morgan fingerprint density at radius 3 is 2.30 bits per heavy atom. The Hall–Kier alpha value is -0.560. The fourth-order valence-electron chi connectivity index (χ4n) is 2.98. The molecule has 0 aromatic carbocycles. The lowest BCUT2D eigenvalue weighted by molar-refractivity contribution is -0.136. The van der Waals surface area contributed by atoms with Gasteiger partial charge in [0.2, 0.25) is 11.8 Å². The maximum atomic E-state index is 12.4. The van der Waals surface area contributed by atoms with Crippen LogP contribution in [-0.4, -0.2) is 73.0 Å². The Morgan fingerprint density at radius 2 is 1.78 bits per heavy atom. The number of halogens is 2. The number of carbonyl (C=O) groups is 2. The highest BCUT2D eigenvalue weighted by Gasteiger charge is 2.28. The normalized spacial score (nSPS) is 22.0. The maximum absolute atomic E-state index is 12.4. The van der Waals surface area contributed by atoms with E-state index in [1.807, 2.05) is 18.7 Å². The molecule has 0 aliphatic carbocycles. The number of piperazine rings is 1. The molecule has 0 spiro atoms. The zero-order valence-electron chi connectivity index (χ0n) is 14.0. The largest absolute Gasteiger partial charge is 0.353 e. The fraction of sp³-hybridized carbons (Fsp3) is 0.867. The summed E-state index contributed by atoms with van der Waals surface area (Å²) >= 11 is 0. The molecule has 1 unspecified atom stereocenters. The summed E-state index contributed by atoms with van der Waals surface area (Å²) in [6, 6.07) is 0.187. The van der Waals surface area contributed by atoms with Crippen molar-refractivity contribution in [2.75, 3.05) is 39.3 Å². The first-order valence-electron chi connectivity index (χ1n) is 8.10. The molecule has 0 radical (unpaired) electrons. The molecule has 2 N–H and O–H groups in total. The molecule has 2 fully saturated rings. The van der Waals surface area contributed by atoms with Crippen molar-refractivity contribution in [3.8, 4) is 0 Å². The molecule has 2 heterocycles. The smallest absolute Gasteiger partial charge is 0.239 e. The minimum absolute atomic E-state index is 0. The van der Waals surface area contributed by atoms with Gasteiger partial charge >= 0.3 is 0 Å². The van der Waals surface area contributed by atoms with Crippen LogP contribution in [0, 0.1) is 0 Å². The molecule has 6 nitrogen and oxygen atoms in total. The second-order valence-electron chi connectivity index (χ2n) is 6.33. The summed E-state index contributed by atoms with van der Waals surface area (Å²) in [6.07, 6.45) is 3.26. The van der Waals surface area contributed by atoms with E-state index in [9.17, 15) is 9.59 Å². The molecule has 0 bridgehead atoms. The van der Waals surface area contributed by atoms with Gasteiger partial charge in [0.25, 0.3) is 0 Å². The summed E-state index contributed by atoms with van der Waals surface area (Å²) in [5, 5.41) is 6.22. The van der Waals surface area contributed by atoms with Crippen LogP contribution in [0.4, 0.5) is 0 Å². The maximum Gasteiger partial charge on any atom is 0.239 e. The molecule has 2 saturated heterocycles. The van der Waals surface area contributed by atoms with E-state index in [-0.39, 0.29) is 48.7 Å². The zero-order chi connectivity index (χ0) is 15.2. The van der Waals surface area contributed by atoms with E-state index in [4.69, 9.17) is 0 Å². The number of nitrogens with zero attached hydrogens (tertiary/aromatic N) is 2. The van der Waals surface area contributed by atoms with Crippen molar-refractivity contribution in [2.24, 2.45) is 0 Å². The topological polar surface area (TPSA) is 64.7 Å². The summed E-state index contributed by atoms with van der Waals surface area (Å²) in [7, 11) is 0. The van der Waals surface area contributed by atoms with E-state index >= 15 is 0 Å². The van der Waals surface area contributed by atoms with Crippen molar-refractivity contribution < 1.29 is 9.59 Å². The van der Waals surface area contributed by atoms with Crippen molar-refractivity contribution >= 4 is 36.6 Å². The van der Waals surface area contributed by atoms with Gasteiger partial charge in [-0.1, -0.05) is 6.42 Å². The lowest BCUT2D eigenvalue weighted by atomic mass is 10.0. The number of hydrogen-bond acceptors (Lipinski definition) is 4. The quantitative estimate of drug-likeness (QED) is 0.764. The van der Waals surface area contributed by atoms with Gasteiger partial charge in [-0.3, -0.25) is 14.5 Å². The van der Waals surface area contributed by atoms with Gasteiger partial charge in [-0.15, -0.1) is 24.8 Å². The molecule has 2 aliphatic heterocycles. The van der Waals surface area contributed by atoms with Gasteiger partial charge in [0.15, 0.2) is 0 Å². The molecule has 0 aromatic heterocycles. The summed E-state index contributed by atoms with van der Waals surface area (Å²) < 4.78 is 0. The third kappa shape index (κ3) is 7.25. The SMILES string of the molecule is CC(C)NC(=O)CN1CCN(C(=O)C2CCCCN2)CC1.Cl.Cl. The summed E-state index contributed by atoms with van der Waals surface area (Å²) in [6.45, 7) is 8.33. The van der Waals surface area contributed by atoms with Crippen LogP contribution in [-0.2, 0) is 9.59 Å². The fourth-order valence-corrected chi connectivity index (χ4v) is 2.98. The number of carbonyl (C=O) groups excluding carboxylic acids is 2. The Labute approximate surface area is 151 Å². The van der Waals surface area contributed by atoms with Gasteiger partial charge in [-0.05, 0) is 33.2 Å². The predicted octanol–water partition coefficient (Wildman–Crippen LogP) is 0.641. The highest BCUT2D eigenvalue weighted by molar-refractivity contribution is 5.85. The van der Waals surface area contributed by atoms with Crippen LogP contribution in [0.15, 0.2) is 0 Å². The average Bonchev–Trinajstić information content (AvgIpc) is 2.47. The molecule has 8 heteroatoms. The number of hydrogen-bond donors (Lipinski definition) is 2. The first kappa shape index (κ1) is 22.4. The van der Waals surface area contributed by atoms with E-state index in [1.165, 1.54) is 6.42 Å². The van der Waals surface area contributed by atoms with Crippen LogP contribution in [0.25, 0.3) is 0 Å². The molecule has 136 valence electrons. The van der Waals surface area contributed by atoms with Gasteiger partial charge in [0.05, 0.1) is 12.6 Å². The third-order valence-corrected chi connectivity index (χ3v) is 4.11. The first-order chi connectivity index (χ1) is 10.1. The van der Waals surface area contributed by atoms with Gasteiger partial charge in [0, 0.05) is 32.2 Å². The molecule has 2 aliphatic rings. The van der Waals surface area contributed by atoms with Crippen LogP contribution in [0.3, 0.4) is 0 Å². The average molecular weight is 369 g/mol. The molecule has 2 rings (SSSR count). The van der Waals surface area contributed by atoms with Gasteiger partial charge in [-0.2, -0.15) is 0 Å². The summed E-state index contributed by atoms with van der Waals surface area (Å²) in [5.74, 6) is 0.305. The number of amides is 2. The van der Waals surface area contributed by atoms with Gasteiger partial charge in [0.1, 0.15) is 0 Å². The first-order valence-corrected chi connectivity index (χ1v) is 8.10. The predicted molar refractivity (Wildman–Crippen MR) is 96.4 cm³/mol. The van der Waals surface area contributed by atoms with E-state index < -0.39 is 0 Å². The standard InChI is InChI=1S/C15H28N4O2.2ClH/c1-12(2)17-14(20)11-18-7-9-19(10-8-18)15(21)13-5-3-4-6-16-13;;/h12-13,16H,3-11H2,1-2H3,(H,17,20);2*1H. The van der Waals surface area contributed by atoms with E-state index in [0.717, 1.165) is 45.6 Å². The molecule has 23 heavy (non-hydrogen) atoms. The summed E-state index contributed by atoms with van der Waals surface area (Å²) in [4.78, 5) is 28.2. The van der Waals surface area contributed by atoms with Crippen LogP contribution in [0.5, 0.6) is 0 Å². The van der Waals surface area contributed by atoms with E-state index in [2.05, 4.69) is 15.5 Å². The van der Waals surface area contributed by atoms with Crippen molar-refractivity contribution in [2.45, 2.75) is 45.2 Å². The highest BCUT2D eigenvalue weighted by Crippen LogP contribution is 2.11. The molecular weight excluding hydrogens is 339 g/mol. The summed E-state index contributed by atoms with van der Waals surface area (Å²) in [5.41, 5.74) is 0. The number of nitrogens with one attached hydrogen (secondary N) is 2. The second-order valence-corrected chi connectivity index (χ2v) is 6.33. The van der Waals surface area contributed by atoms with Crippen LogP contribution in [0.1, 0.15) is 33.1 Å². The van der Waals surface area contributed by atoms with E-state index in [1.54, 1.807) is 0 Å². The molecule has 0 saturated carbocycles. The Balaban J connectivity index is 0.00000242. The van der Waals surface area contributed by atoms with E-state index in [0.29, 0.717) is 6.54 Å². The Kier molecular flexibility index (Phi) is 10.8. The number of rotatable bonds is 4. The molecule has 1 atom stereocenters. The highest BCUT2D eigenvalue weighted by atomic mass is 35.5. The zero-order valence-corrected chi connectivity index (χ0v) is 15.7. The monoisotopic (exact) mass is 368 g/mol. The van der Waals surface area contributed by atoms with Crippen molar-refractivity contribution in [3.63, 3.8) is 0 Å². The Bertz CT molecular complexity index is 368. The Morgan fingerprint density at radius 1 is 1.13 bits per heavy atom. The van der Waals surface area contributed by atoms with Crippen molar-refractivity contribution in [1.82, 2.24) is 20.4 Å². The third-order valence-electron chi connectivity index (χ3n) is 4.11. The van der Waals surface area contributed by atoms with Crippen LogP contribution < -0.4 is 10.6 Å².